The minimum absolute atomic E-state index is 0.0117. The van der Waals surface area contributed by atoms with Crippen molar-refractivity contribution in [3.8, 4) is 5.75 Å². The Morgan fingerprint density at radius 2 is 1.65 bits per heavy atom. The quantitative estimate of drug-likeness (QED) is 0.301. The Morgan fingerprint density at radius 1 is 1.00 bits per heavy atom. The number of ketones is 1. The van der Waals surface area contributed by atoms with Gasteiger partial charge >= 0.3 is 0 Å². The van der Waals surface area contributed by atoms with Gasteiger partial charge in [-0.3, -0.25) is 4.79 Å². The van der Waals surface area contributed by atoms with E-state index in [2.05, 4.69) is 13.8 Å². The number of carbonyl (C=O) groups is 1. The van der Waals surface area contributed by atoms with Crippen molar-refractivity contribution < 1.29 is 14.3 Å². The first-order valence-corrected chi connectivity index (χ1v) is 8.90. The summed E-state index contributed by atoms with van der Waals surface area (Å²) in [6, 6.07) is 7.31. The first-order chi connectivity index (χ1) is 10.9. The van der Waals surface area contributed by atoms with E-state index in [0.717, 1.165) is 17.7 Å². The zero-order chi connectivity index (χ0) is 17.2. The van der Waals surface area contributed by atoms with E-state index in [1.54, 1.807) is 0 Å². The molecule has 1 aromatic carbocycles. The molecule has 0 saturated carbocycles. The number of ether oxygens (including phenoxy) is 2. The van der Waals surface area contributed by atoms with Crippen LogP contribution in [0.2, 0.25) is 0 Å². The molecule has 130 valence electrons. The monoisotopic (exact) mass is 320 g/mol. The average Bonchev–Trinajstić information content (AvgIpc) is 2.51. The normalized spacial score (nSPS) is 13.8. The number of hydrogen-bond acceptors (Lipinski definition) is 3. The van der Waals surface area contributed by atoms with Gasteiger partial charge in [0.25, 0.3) is 0 Å². The number of Topliss-reactive ketones (excluding diaryl/α,β-unsaturated/α-hetero) is 1. The van der Waals surface area contributed by atoms with Gasteiger partial charge in [0.05, 0.1) is 6.10 Å². The number of unbranched alkanes of at least 4 members (excludes halogenated alkanes) is 3. The molecule has 0 fully saturated rings. The van der Waals surface area contributed by atoms with Crippen LogP contribution in [0, 0.1) is 5.92 Å². The van der Waals surface area contributed by atoms with E-state index < -0.39 is 0 Å². The van der Waals surface area contributed by atoms with Gasteiger partial charge in [-0.15, -0.1) is 0 Å². The van der Waals surface area contributed by atoms with Gasteiger partial charge in [0.15, 0.2) is 12.1 Å². The minimum Gasteiger partial charge on any atom is -0.465 e. The molecule has 3 heteroatoms. The lowest BCUT2D eigenvalue weighted by atomic mass is 10.0. The largest absolute Gasteiger partial charge is 0.465 e. The van der Waals surface area contributed by atoms with E-state index in [9.17, 15) is 4.79 Å². The van der Waals surface area contributed by atoms with Crippen LogP contribution in [-0.4, -0.2) is 18.2 Å². The Balaban J connectivity index is 2.39. The summed E-state index contributed by atoms with van der Waals surface area (Å²) < 4.78 is 11.6. The molecule has 0 aliphatic heterocycles. The highest BCUT2D eigenvalue weighted by Gasteiger charge is 2.12. The van der Waals surface area contributed by atoms with E-state index in [1.807, 2.05) is 45.0 Å². The van der Waals surface area contributed by atoms with Gasteiger partial charge in [0.1, 0.15) is 5.75 Å². The summed E-state index contributed by atoms with van der Waals surface area (Å²) in [7, 11) is 0. The molecule has 0 aromatic heterocycles. The Morgan fingerprint density at radius 3 is 2.22 bits per heavy atom. The lowest BCUT2D eigenvalue weighted by Gasteiger charge is -2.20. The fourth-order valence-electron chi connectivity index (χ4n) is 2.50. The molecule has 3 nitrogen and oxygen atoms in total. The van der Waals surface area contributed by atoms with Crippen LogP contribution in [0.3, 0.4) is 0 Å². The van der Waals surface area contributed by atoms with E-state index in [1.165, 1.54) is 25.7 Å². The van der Waals surface area contributed by atoms with Crippen LogP contribution < -0.4 is 4.74 Å². The van der Waals surface area contributed by atoms with Gasteiger partial charge in [-0.1, -0.05) is 46.5 Å². The number of carbonyl (C=O) groups excluding carboxylic acids is 1. The van der Waals surface area contributed by atoms with Gasteiger partial charge in [-0.05, 0) is 44.5 Å². The molecule has 0 bridgehead atoms. The fraction of sp³-hybridized carbons (Fsp3) is 0.650. The lowest BCUT2D eigenvalue weighted by molar-refractivity contribution is -0.104. The van der Waals surface area contributed by atoms with Crippen LogP contribution in [0.25, 0.3) is 0 Å². The lowest BCUT2D eigenvalue weighted by Crippen LogP contribution is -2.22. The topological polar surface area (TPSA) is 35.5 Å². The number of rotatable bonds is 11. The molecule has 0 saturated heterocycles. The van der Waals surface area contributed by atoms with Gasteiger partial charge in [-0.2, -0.15) is 0 Å². The minimum atomic E-state index is -0.289. The summed E-state index contributed by atoms with van der Waals surface area (Å²) in [5, 5.41) is 0. The van der Waals surface area contributed by atoms with E-state index in [4.69, 9.17) is 9.47 Å². The predicted octanol–water partition coefficient (Wildman–Crippen LogP) is 5.63. The van der Waals surface area contributed by atoms with Crippen molar-refractivity contribution in [2.75, 3.05) is 0 Å². The van der Waals surface area contributed by atoms with Crippen LogP contribution >= 0.6 is 0 Å². The number of hydrogen-bond donors (Lipinski definition) is 0. The summed E-state index contributed by atoms with van der Waals surface area (Å²) in [5.74, 6) is 0.898. The maximum Gasteiger partial charge on any atom is 0.197 e. The van der Waals surface area contributed by atoms with Crippen molar-refractivity contribution >= 4 is 5.78 Å². The Bertz CT molecular complexity index is 450. The highest BCUT2D eigenvalue weighted by atomic mass is 16.7. The van der Waals surface area contributed by atoms with E-state index in [-0.39, 0.29) is 24.1 Å². The summed E-state index contributed by atoms with van der Waals surface area (Å²) >= 11 is 0. The molecule has 0 aliphatic carbocycles. The van der Waals surface area contributed by atoms with E-state index in [0.29, 0.717) is 0 Å². The average molecular weight is 320 g/mol. The third-order valence-electron chi connectivity index (χ3n) is 3.85. The molecule has 0 radical (unpaired) electrons. The Labute approximate surface area is 141 Å². The SMILES string of the molecule is CCCCCCC(C)OC(C)Oc1ccc(C(=O)C(C)C)cc1. The number of benzene rings is 1. The summed E-state index contributed by atoms with van der Waals surface area (Å²) in [4.78, 5) is 11.9. The van der Waals surface area contributed by atoms with Gasteiger partial charge in [0.2, 0.25) is 0 Å². The molecule has 0 spiro atoms. The predicted molar refractivity (Wildman–Crippen MR) is 95.0 cm³/mol. The second-order valence-electron chi connectivity index (χ2n) is 6.52. The van der Waals surface area contributed by atoms with Crippen LogP contribution in [0.1, 0.15) is 77.1 Å². The van der Waals surface area contributed by atoms with Gasteiger partial charge < -0.3 is 9.47 Å². The summed E-state index contributed by atoms with van der Waals surface area (Å²) in [6.45, 7) is 10.0. The molecule has 0 aliphatic rings. The van der Waals surface area contributed by atoms with Crippen molar-refractivity contribution in [2.45, 2.75) is 79.1 Å². The molecule has 0 amide bonds. The van der Waals surface area contributed by atoms with Crippen LogP contribution in [0.4, 0.5) is 0 Å². The molecule has 1 aromatic rings. The fourth-order valence-corrected chi connectivity index (χ4v) is 2.50. The third kappa shape index (κ3) is 7.65. The highest BCUT2D eigenvalue weighted by Crippen LogP contribution is 2.18. The van der Waals surface area contributed by atoms with Crippen molar-refractivity contribution in [3.05, 3.63) is 29.8 Å². The molecule has 2 unspecified atom stereocenters. The molecule has 2 atom stereocenters. The zero-order valence-electron chi connectivity index (χ0n) is 15.3. The maximum absolute atomic E-state index is 11.9. The maximum atomic E-state index is 11.9. The summed E-state index contributed by atoms with van der Waals surface area (Å²) in [5.41, 5.74) is 0.727. The Kier molecular flexibility index (Phi) is 8.93. The second kappa shape index (κ2) is 10.4. The standard InChI is InChI=1S/C20H32O3/c1-6-7-8-9-10-16(4)22-17(5)23-19-13-11-18(12-14-19)20(21)15(2)3/h11-17H,6-10H2,1-5H3. The highest BCUT2D eigenvalue weighted by molar-refractivity contribution is 5.97. The zero-order valence-corrected chi connectivity index (χ0v) is 15.3. The molecule has 23 heavy (non-hydrogen) atoms. The molecular weight excluding hydrogens is 288 g/mol. The molecule has 0 N–H and O–H groups in total. The van der Waals surface area contributed by atoms with Crippen molar-refractivity contribution in [2.24, 2.45) is 5.92 Å². The first kappa shape index (κ1) is 19.7. The van der Waals surface area contributed by atoms with Crippen molar-refractivity contribution in [1.29, 1.82) is 0 Å². The molecule has 1 rings (SSSR count). The molecule has 0 heterocycles. The van der Waals surface area contributed by atoms with Gasteiger partial charge in [-0.25, -0.2) is 0 Å². The van der Waals surface area contributed by atoms with Gasteiger partial charge in [0, 0.05) is 11.5 Å². The Hall–Kier alpha value is -1.35. The van der Waals surface area contributed by atoms with Crippen molar-refractivity contribution in [3.63, 3.8) is 0 Å². The van der Waals surface area contributed by atoms with Crippen molar-refractivity contribution in [1.82, 2.24) is 0 Å². The first-order valence-electron chi connectivity index (χ1n) is 8.90. The smallest absolute Gasteiger partial charge is 0.197 e. The summed E-state index contributed by atoms with van der Waals surface area (Å²) in [6.07, 6.45) is 5.99. The molecular formula is C20H32O3. The van der Waals surface area contributed by atoms with E-state index >= 15 is 0 Å². The van der Waals surface area contributed by atoms with Crippen LogP contribution in [0.15, 0.2) is 24.3 Å². The van der Waals surface area contributed by atoms with Crippen LogP contribution in [-0.2, 0) is 4.74 Å². The second-order valence-corrected chi connectivity index (χ2v) is 6.52. The van der Waals surface area contributed by atoms with Crippen LogP contribution in [0.5, 0.6) is 5.75 Å². The third-order valence-corrected chi connectivity index (χ3v) is 3.85.